The number of pyridine rings is 1. The molecular weight excluding hydrogens is 242 g/mol. The van der Waals surface area contributed by atoms with Gasteiger partial charge in [-0.25, -0.2) is 4.98 Å². The fourth-order valence-electron chi connectivity index (χ4n) is 2.66. The van der Waals surface area contributed by atoms with Gasteiger partial charge in [0.05, 0.1) is 11.2 Å². The van der Waals surface area contributed by atoms with E-state index in [1.807, 2.05) is 12.1 Å². The van der Waals surface area contributed by atoms with Crippen LogP contribution in [0.5, 0.6) is 0 Å². The lowest BCUT2D eigenvalue weighted by Gasteiger charge is -2.07. The van der Waals surface area contributed by atoms with Gasteiger partial charge in [-0.15, -0.1) is 0 Å². The molecule has 0 unspecified atom stereocenters. The standard InChI is InChI=1S/C19H13N/c1-3-9-16-14(6-1)8-5-10-17(16)19-13-12-15-7-2-4-11-18(15)20-19/h1-13H. The molecule has 1 heteroatoms. The second kappa shape index (κ2) is 4.46. The fraction of sp³-hybridized carbons (Fsp3) is 0. The third-order valence-electron chi connectivity index (χ3n) is 3.66. The number of hydrogen-bond donors (Lipinski definition) is 0. The van der Waals surface area contributed by atoms with Gasteiger partial charge in [0.2, 0.25) is 0 Å². The van der Waals surface area contributed by atoms with E-state index in [0.29, 0.717) is 0 Å². The number of para-hydroxylation sites is 1. The Hall–Kier alpha value is -2.67. The highest BCUT2D eigenvalue weighted by molar-refractivity contribution is 5.96. The van der Waals surface area contributed by atoms with Crippen LogP contribution in [0.4, 0.5) is 0 Å². The van der Waals surface area contributed by atoms with Gasteiger partial charge in [-0.2, -0.15) is 0 Å². The Morgan fingerprint density at radius 2 is 1.30 bits per heavy atom. The van der Waals surface area contributed by atoms with Crippen LogP contribution < -0.4 is 0 Å². The lowest BCUT2D eigenvalue weighted by Crippen LogP contribution is -1.86. The molecule has 0 atom stereocenters. The predicted octanol–water partition coefficient (Wildman–Crippen LogP) is 5.06. The normalized spacial score (nSPS) is 11.0. The molecule has 0 aliphatic rings. The van der Waals surface area contributed by atoms with Crippen molar-refractivity contribution in [3.05, 3.63) is 78.9 Å². The first-order chi connectivity index (χ1) is 9.92. The molecule has 0 fully saturated rings. The largest absolute Gasteiger partial charge is 0.248 e. The van der Waals surface area contributed by atoms with E-state index in [4.69, 9.17) is 4.98 Å². The van der Waals surface area contributed by atoms with Gasteiger partial charge in [0.25, 0.3) is 0 Å². The monoisotopic (exact) mass is 255 g/mol. The van der Waals surface area contributed by atoms with Crippen LogP contribution in [0.2, 0.25) is 0 Å². The van der Waals surface area contributed by atoms with Crippen molar-refractivity contribution in [1.29, 1.82) is 0 Å². The first-order valence-corrected chi connectivity index (χ1v) is 6.76. The molecule has 0 saturated carbocycles. The average Bonchev–Trinajstić information content (AvgIpc) is 2.54. The molecule has 1 nitrogen and oxygen atoms in total. The van der Waals surface area contributed by atoms with Crippen molar-refractivity contribution >= 4 is 21.7 Å². The van der Waals surface area contributed by atoms with Gasteiger partial charge >= 0.3 is 0 Å². The summed E-state index contributed by atoms with van der Waals surface area (Å²) in [4.78, 5) is 4.80. The Bertz CT molecular complexity index is 904. The van der Waals surface area contributed by atoms with Crippen LogP contribution in [0.15, 0.2) is 78.9 Å². The Morgan fingerprint density at radius 1 is 0.550 bits per heavy atom. The minimum atomic E-state index is 1.03. The molecule has 4 aromatic rings. The molecule has 4 rings (SSSR count). The summed E-state index contributed by atoms with van der Waals surface area (Å²) in [5.74, 6) is 0. The molecule has 0 bridgehead atoms. The molecule has 94 valence electrons. The van der Waals surface area contributed by atoms with Crippen molar-refractivity contribution < 1.29 is 0 Å². The van der Waals surface area contributed by atoms with Crippen molar-refractivity contribution in [2.75, 3.05) is 0 Å². The Kier molecular flexibility index (Phi) is 2.49. The number of rotatable bonds is 1. The molecule has 0 amide bonds. The Morgan fingerprint density at radius 3 is 2.25 bits per heavy atom. The van der Waals surface area contributed by atoms with Crippen LogP contribution in [-0.4, -0.2) is 4.98 Å². The SMILES string of the molecule is c1ccc2nc(-c3cccc4ccccc34)ccc2c1. The van der Waals surface area contributed by atoms with E-state index < -0.39 is 0 Å². The third-order valence-corrected chi connectivity index (χ3v) is 3.66. The fourth-order valence-corrected chi connectivity index (χ4v) is 2.66. The average molecular weight is 255 g/mol. The summed E-state index contributed by atoms with van der Waals surface area (Å²) in [5, 5.41) is 3.68. The highest BCUT2D eigenvalue weighted by Crippen LogP contribution is 2.28. The van der Waals surface area contributed by atoms with Crippen molar-refractivity contribution in [2.24, 2.45) is 0 Å². The highest BCUT2D eigenvalue weighted by Gasteiger charge is 2.05. The molecule has 0 N–H and O–H groups in total. The molecule has 0 saturated heterocycles. The lowest BCUT2D eigenvalue weighted by molar-refractivity contribution is 1.41. The zero-order valence-electron chi connectivity index (χ0n) is 11.0. The van der Waals surface area contributed by atoms with Crippen LogP contribution in [-0.2, 0) is 0 Å². The lowest BCUT2D eigenvalue weighted by atomic mass is 10.0. The van der Waals surface area contributed by atoms with Crippen molar-refractivity contribution in [3.63, 3.8) is 0 Å². The van der Waals surface area contributed by atoms with E-state index in [2.05, 4.69) is 66.7 Å². The van der Waals surface area contributed by atoms with Crippen molar-refractivity contribution in [1.82, 2.24) is 4.98 Å². The van der Waals surface area contributed by atoms with Crippen LogP contribution >= 0.6 is 0 Å². The second-order valence-corrected chi connectivity index (χ2v) is 4.92. The summed E-state index contributed by atoms with van der Waals surface area (Å²) in [7, 11) is 0. The second-order valence-electron chi connectivity index (χ2n) is 4.92. The zero-order valence-corrected chi connectivity index (χ0v) is 11.0. The molecule has 0 radical (unpaired) electrons. The van der Waals surface area contributed by atoms with E-state index in [1.165, 1.54) is 21.7 Å². The first kappa shape index (κ1) is 11.2. The van der Waals surface area contributed by atoms with Gasteiger partial charge in [-0.05, 0) is 22.9 Å². The molecule has 0 aliphatic carbocycles. The minimum Gasteiger partial charge on any atom is -0.248 e. The van der Waals surface area contributed by atoms with Crippen LogP contribution in [0.25, 0.3) is 32.9 Å². The number of nitrogens with zero attached hydrogens (tertiary/aromatic N) is 1. The van der Waals surface area contributed by atoms with Crippen LogP contribution in [0.3, 0.4) is 0 Å². The maximum Gasteiger partial charge on any atom is 0.0715 e. The zero-order chi connectivity index (χ0) is 13.4. The summed E-state index contributed by atoms with van der Waals surface area (Å²) in [6, 6.07) is 27.3. The number of hydrogen-bond acceptors (Lipinski definition) is 1. The summed E-state index contributed by atoms with van der Waals surface area (Å²) in [6.45, 7) is 0. The summed E-state index contributed by atoms with van der Waals surface area (Å²) < 4.78 is 0. The Labute approximate surface area is 117 Å². The minimum absolute atomic E-state index is 1.03. The molecule has 1 heterocycles. The van der Waals surface area contributed by atoms with Gasteiger partial charge in [0.1, 0.15) is 0 Å². The van der Waals surface area contributed by atoms with E-state index in [1.54, 1.807) is 0 Å². The predicted molar refractivity (Wildman–Crippen MR) is 84.7 cm³/mol. The molecule has 1 aromatic heterocycles. The van der Waals surface area contributed by atoms with Gasteiger partial charge in [0.15, 0.2) is 0 Å². The molecule has 3 aromatic carbocycles. The number of aromatic nitrogens is 1. The molecule has 20 heavy (non-hydrogen) atoms. The van der Waals surface area contributed by atoms with Gasteiger partial charge in [-0.1, -0.05) is 66.7 Å². The van der Waals surface area contributed by atoms with E-state index in [-0.39, 0.29) is 0 Å². The van der Waals surface area contributed by atoms with E-state index in [9.17, 15) is 0 Å². The molecule has 0 aliphatic heterocycles. The highest BCUT2D eigenvalue weighted by atomic mass is 14.7. The van der Waals surface area contributed by atoms with E-state index >= 15 is 0 Å². The van der Waals surface area contributed by atoms with Crippen LogP contribution in [0.1, 0.15) is 0 Å². The van der Waals surface area contributed by atoms with Crippen molar-refractivity contribution in [2.45, 2.75) is 0 Å². The summed E-state index contributed by atoms with van der Waals surface area (Å²) in [6.07, 6.45) is 0. The maximum atomic E-state index is 4.80. The van der Waals surface area contributed by atoms with Gasteiger partial charge in [-0.3, -0.25) is 0 Å². The quantitative estimate of drug-likeness (QED) is 0.463. The summed E-state index contributed by atoms with van der Waals surface area (Å²) in [5.41, 5.74) is 3.26. The molecular formula is C19H13N. The van der Waals surface area contributed by atoms with Gasteiger partial charge in [0, 0.05) is 10.9 Å². The van der Waals surface area contributed by atoms with E-state index in [0.717, 1.165) is 11.2 Å². The van der Waals surface area contributed by atoms with Crippen LogP contribution in [0, 0.1) is 0 Å². The third kappa shape index (κ3) is 1.76. The number of benzene rings is 3. The maximum absolute atomic E-state index is 4.80. The topological polar surface area (TPSA) is 12.9 Å². The summed E-state index contributed by atoms with van der Waals surface area (Å²) >= 11 is 0. The smallest absolute Gasteiger partial charge is 0.0715 e. The Balaban J connectivity index is 2.01. The first-order valence-electron chi connectivity index (χ1n) is 6.76. The molecule has 0 spiro atoms. The van der Waals surface area contributed by atoms with Gasteiger partial charge < -0.3 is 0 Å². The van der Waals surface area contributed by atoms with Crippen molar-refractivity contribution in [3.8, 4) is 11.3 Å². The number of fused-ring (bicyclic) bond motifs is 2.